The molecule has 0 bridgehead atoms. The average Bonchev–Trinajstić information content (AvgIpc) is 2.66. The fraction of sp³-hybridized carbons (Fsp3) is 0.100. The quantitative estimate of drug-likeness (QED) is 0.693. The van der Waals surface area contributed by atoms with Crippen LogP contribution in [0.15, 0.2) is 66.0 Å². The highest BCUT2D eigenvalue weighted by atomic mass is 16.5. The van der Waals surface area contributed by atoms with Crippen molar-refractivity contribution in [3.05, 3.63) is 77.1 Å². The van der Waals surface area contributed by atoms with Crippen molar-refractivity contribution in [1.82, 2.24) is 4.57 Å². The van der Waals surface area contributed by atoms with Crippen LogP contribution in [0.1, 0.15) is 10.4 Å². The zero-order valence-electron chi connectivity index (χ0n) is 14.2. The van der Waals surface area contributed by atoms with Crippen LogP contribution >= 0.6 is 0 Å². The summed E-state index contributed by atoms with van der Waals surface area (Å²) in [6, 6.07) is 13.5. The fourth-order valence-corrected chi connectivity index (χ4v) is 2.77. The molecule has 0 aliphatic heterocycles. The van der Waals surface area contributed by atoms with Crippen LogP contribution in [0.4, 0.5) is 5.69 Å². The average molecular weight is 350 g/mol. The molecule has 0 aliphatic carbocycles. The van der Waals surface area contributed by atoms with Gasteiger partial charge in [0.1, 0.15) is 17.1 Å². The zero-order valence-corrected chi connectivity index (χ0v) is 14.2. The number of hydrogen-bond acceptors (Lipinski definition) is 4. The molecule has 0 atom stereocenters. The van der Waals surface area contributed by atoms with Crippen molar-refractivity contribution >= 4 is 22.5 Å². The van der Waals surface area contributed by atoms with E-state index in [0.29, 0.717) is 22.3 Å². The second-order valence-electron chi connectivity index (χ2n) is 5.63. The van der Waals surface area contributed by atoms with E-state index in [1.54, 1.807) is 61.7 Å². The minimum atomic E-state index is -0.679. The topological polar surface area (TPSA) is 80.6 Å². The summed E-state index contributed by atoms with van der Waals surface area (Å²) in [5.74, 6) is -0.372. The summed E-state index contributed by atoms with van der Waals surface area (Å²) in [5.41, 5.74) is 0.141. The molecule has 0 saturated carbocycles. The van der Waals surface area contributed by atoms with Crippen molar-refractivity contribution in [1.29, 1.82) is 0 Å². The molecule has 3 aromatic rings. The van der Waals surface area contributed by atoms with Gasteiger partial charge in [-0.2, -0.15) is 0 Å². The van der Waals surface area contributed by atoms with E-state index in [9.17, 15) is 14.7 Å². The van der Waals surface area contributed by atoms with Gasteiger partial charge in [0, 0.05) is 17.6 Å². The molecule has 2 N–H and O–H groups in total. The molecule has 0 saturated heterocycles. The van der Waals surface area contributed by atoms with Crippen LogP contribution in [0.2, 0.25) is 0 Å². The highest BCUT2D eigenvalue weighted by Gasteiger charge is 2.21. The number of amides is 1. The van der Waals surface area contributed by atoms with Gasteiger partial charge in [-0.15, -0.1) is 6.58 Å². The van der Waals surface area contributed by atoms with E-state index in [2.05, 4.69) is 11.9 Å². The number of aromatic hydroxyl groups is 1. The highest BCUT2D eigenvalue weighted by molar-refractivity contribution is 6.09. The van der Waals surface area contributed by atoms with Gasteiger partial charge in [-0.3, -0.25) is 9.59 Å². The maximum Gasteiger partial charge on any atom is 0.268 e. The summed E-state index contributed by atoms with van der Waals surface area (Å²) in [6.45, 7) is 3.87. The fourth-order valence-electron chi connectivity index (χ4n) is 2.77. The number of nitrogens with zero attached hydrogens (tertiary/aromatic N) is 1. The molecule has 26 heavy (non-hydrogen) atoms. The monoisotopic (exact) mass is 350 g/mol. The standard InChI is InChI=1S/C20H18N2O4/c1-3-12-22-16-7-5-4-6-15(16)18(23)17(20(22)25)19(24)21-13-8-10-14(26-2)11-9-13/h3-11,23H,1,12H2,2H3,(H,21,24). The lowest BCUT2D eigenvalue weighted by molar-refractivity contribution is 0.102. The molecule has 1 aromatic heterocycles. The Morgan fingerprint density at radius 3 is 2.58 bits per heavy atom. The Balaban J connectivity index is 2.09. The van der Waals surface area contributed by atoms with Crippen LogP contribution in [0.5, 0.6) is 11.5 Å². The summed E-state index contributed by atoms with van der Waals surface area (Å²) < 4.78 is 6.48. The molecule has 3 rings (SSSR count). The summed E-state index contributed by atoms with van der Waals surface area (Å²) in [5, 5.41) is 13.6. The summed E-state index contributed by atoms with van der Waals surface area (Å²) >= 11 is 0. The number of pyridine rings is 1. The van der Waals surface area contributed by atoms with E-state index in [1.165, 1.54) is 4.57 Å². The number of carbonyl (C=O) groups excluding carboxylic acids is 1. The van der Waals surface area contributed by atoms with Crippen molar-refractivity contribution < 1.29 is 14.6 Å². The molecule has 0 aliphatic rings. The van der Waals surface area contributed by atoms with Crippen LogP contribution in [-0.4, -0.2) is 22.7 Å². The van der Waals surface area contributed by atoms with Crippen LogP contribution in [-0.2, 0) is 6.54 Å². The third kappa shape index (κ3) is 3.04. The Kier molecular flexibility index (Phi) is 4.75. The number of aromatic nitrogens is 1. The van der Waals surface area contributed by atoms with Gasteiger partial charge in [0.05, 0.1) is 12.6 Å². The predicted octanol–water partition coefficient (Wildman–Crippen LogP) is 3.15. The zero-order chi connectivity index (χ0) is 18.7. The summed E-state index contributed by atoms with van der Waals surface area (Å²) in [7, 11) is 1.54. The summed E-state index contributed by atoms with van der Waals surface area (Å²) in [6.07, 6.45) is 1.57. The number of carbonyl (C=O) groups is 1. The van der Waals surface area contributed by atoms with Crippen molar-refractivity contribution in [2.75, 3.05) is 12.4 Å². The largest absolute Gasteiger partial charge is 0.506 e. The number of hydrogen-bond donors (Lipinski definition) is 2. The first-order valence-electron chi connectivity index (χ1n) is 7.97. The number of nitrogens with one attached hydrogen (secondary N) is 1. The first-order valence-corrected chi connectivity index (χ1v) is 7.97. The Morgan fingerprint density at radius 1 is 1.23 bits per heavy atom. The molecule has 6 heteroatoms. The molecule has 132 valence electrons. The molecule has 0 fully saturated rings. The van der Waals surface area contributed by atoms with Crippen molar-refractivity contribution in [3.8, 4) is 11.5 Å². The van der Waals surface area contributed by atoms with Crippen LogP contribution < -0.4 is 15.6 Å². The van der Waals surface area contributed by atoms with Crippen LogP contribution in [0.3, 0.4) is 0 Å². The van der Waals surface area contributed by atoms with Crippen LogP contribution in [0.25, 0.3) is 10.9 Å². The molecule has 6 nitrogen and oxygen atoms in total. The smallest absolute Gasteiger partial charge is 0.268 e. The minimum Gasteiger partial charge on any atom is -0.506 e. The number of allylic oxidation sites excluding steroid dienone is 1. The molecule has 0 unspecified atom stereocenters. The van der Waals surface area contributed by atoms with E-state index < -0.39 is 11.5 Å². The third-order valence-corrected chi connectivity index (χ3v) is 4.03. The maximum atomic E-state index is 12.8. The SMILES string of the molecule is C=CCn1c(=O)c(C(=O)Nc2ccc(OC)cc2)c(O)c2ccccc21. The molecule has 0 spiro atoms. The first-order chi connectivity index (χ1) is 12.6. The second-order valence-corrected chi connectivity index (χ2v) is 5.63. The molecule has 0 radical (unpaired) electrons. The van der Waals surface area contributed by atoms with Crippen molar-refractivity contribution in [2.24, 2.45) is 0 Å². The Labute approximate surface area is 150 Å². The van der Waals surface area contributed by atoms with Gasteiger partial charge in [-0.25, -0.2) is 0 Å². The molecule has 1 heterocycles. The van der Waals surface area contributed by atoms with Crippen molar-refractivity contribution in [3.63, 3.8) is 0 Å². The number of anilines is 1. The highest BCUT2D eigenvalue weighted by Crippen LogP contribution is 2.27. The first kappa shape index (κ1) is 17.3. The molecule has 1 amide bonds. The second kappa shape index (κ2) is 7.14. The number of para-hydroxylation sites is 1. The van der Waals surface area contributed by atoms with E-state index >= 15 is 0 Å². The number of rotatable bonds is 5. The van der Waals surface area contributed by atoms with Gasteiger partial charge < -0.3 is 19.7 Å². The van der Waals surface area contributed by atoms with E-state index in [0.717, 1.165) is 0 Å². The van der Waals surface area contributed by atoms with Crippen molar-refractivity contribution in [2.45, 2.75) is 6.54 Å². The summed E-state index contributed by atoms with van der Waals surface area (Å²) in [4.78, 5) is 25.5. The van der Waals surface area contributed by atoms with E-state index in [-0.39, 0.29) is 17.9 Å². The Bertz CT molecular complexity index is 1040. The molecular formula is C20H18N2O4. The van der Waals surface area contributed by atoms with Gasteiger partial charge in [-0.05, 0) is 36.4 Å². The maximum absolute atomic E-state index is 12.8. The van der Waals surface area contributed by atoms with Gasteiger partial charge in [0.15, 0.2) is 0 Å². The van der Waals surface area contributed by atoms with Gasteiger partial charge in [-0.1, -0.05) is 18.2 Å². The molecule has 2 aromatic carbocycles. The number of ether oxygens (including phenoxy) is 1. The lowest BCUT2D eigenvalue weighted by Crippen LogP contribution is -2.29. The lowest BCUT2D eigenvalue weighted by atomic mass is 10.1. The van der Waals surface area contributed by atoms with E-state index in [4.69, 9.17) is 4.74 Å². The Hall–Kier alpha value is -3.54. The molecular weight excluding hydrogens is 332 g/mol. The van der Waals surface area contributed by atoms with Gasteiger partial charge in [0.2, 0.25) is 0 Å². The van der Waals surface area contributed by atoms with Gasteiger partial charge in [0.25, 0.3) is 11.5 Å². The normalized spacial score (nSPS) is 10.5. The number of benzene rings is 2. The number of fused-ring (bicyclic) bond motifs is 1. The predicted molar refractivity (Wildman–Crippen MR) is 101 cm³/mol. The Morgan fingerprint density at radius 2 is 1.92 bits per heavy atom. The lowest BCUT2D eigenvalue weighted by Gasteiger charge is -2.14. The van der Waals surface area contributed by atoms with Gasteiger partial charge >= 0.3 is 0 Å². The van der Waals surface area contributed by atoms with E-state index in [1.807, 2.05) is 0 Å². The number of methoxy groups -OCH3 is 1. The van der Waals surface area contributed by atoms with Crippen LogP contribution in [0, 0.1) is 0 Å². The third-order valence-electron chi connectivity index (χ3n) is 4.03. The minimum absolute atomic E-state index is 0.225.